The summed E-state index contributed by atoms with van der Waals surface area (Å²) in [6.07, 6.45) is -0.946. The van der Waals surface area contributed by atoms with Gasteiger partial charge in [0.15, 0.2) is 0 Å². The van der Waals surface area contributed by atoms with E-state index in [0.29, 0.717) is 10.8 Å². The molecule has 108 valence electrons. The summed E-state index contributed by atoms with van der Waals surface area (Å²) in [5.74, 6) is 0.222. The summed E-state index contributed by atoms with van der Waals surface area (Å²) in [4.78, 5) is 23.6. The van der Waals surface area contributed by atoms with E-state index in [4.69, 9.17) is 16.3 Å². The molecule has 1 aliphatic heterocycles. The molecule has 0 aromatic heterocycles. The predicted molar refractivity (Wildman–Crippen MR) is 72.8 cm³/mol. The van der Waals surface area contributed by atoms with Crippen LogP contribution in [0, 0.1) is 6.92 Å². The van der Waals surface area contributed by atoms with Crippen LogP contribution in [0.15, 0.2) is 18.2 Å². The van der Waals surface area contributed by atoms with Gasteiger partial charge in [-0.05, 0) is 30.7 Å². The largest absolute Gasteiger partial charge is 0.491 e. The number of carbonyl (C=O) groups is 2. The highest BCUT2D eigenvalue weighted by molar-refractivity contribution is 6.31. The molecule has 1 saturated heterocycles. The van der Waals surface area contributed by atoms with Gasteiger partial charge in [-0.2, -0.15) is 0 Å². The van der Waals surface area contributed by atoms with Gasteiger partial charge in [-0.3, -0.25) is 9.69 Å². The van der Waals surface area contributed by atoms with Gasteiger partial charge in [-0.25, -0.2) is 4.79 Å². The van der Waals surface area contributed by atoms with Crippen molar-refractivity contribution in [2.75, 3.05) is 19.7 Å². The molecular weight excluding hydrogens is 284 g/mol. The van der Waals surface area contributed by atoms with Gasteiger partial charge >= 0.3 is 6.03 Å². The standard InChI is InChI=1S/C13H15ClN2O4/c1-8-4-10(2-3-11(8)14)20-7-9(17)6-16-12(18)5-15-13(16)19/h2-4,9,17H,5-7H2,1H3,(H,15,19)/t9-/m1/s1. The minimum atomic E-state index is -0.946. The number of aliphatic hydroxyl groups is 1. The van der Waals surface area contributed by atoms with E-state index in [9.17, 15) is 14.7 Å². The van der Waals surface area contributed by atoms with Crippen molar-refractivity contribution in [3.05, 3.63) is 28.8 Å². The number of nitrogens with one attached hydrogen (secondary N) is 1. The number of halogens is 1. The minimum absolute atomic E-state index is 0.0157. The number of imide groups is 1. The zero-order chi connectivity index (χ0) is 14.7. The smallest absolute Gasteiger partial charge is 0.324 e. The highest BCUT2D eigenvalue weighted by Crippen LogP contribution is 2.21. The average Bonchev–Trinajstić information content (AvgIpc) is 2.72. The van der Waals surface area contributed by atoms with Crippen LogP contribution in [0.4, 0.5) is 4.79 Å². The summed E-state index contributed by atoms with van der Waals surface area (Å²) in [5, 5.41) is 12.8. The molecule has 0 bridgehead atoms. The molecule has 1 aromatic rings. The first-order valence-corrected chi connectivity index (χ1v) is 6.50. The Hall–Kier alpha value is -1.79. The lowest BCUT2D eigenvalue weighted by molar-refractivity contribution is -0.126. The maximum absolute atomic E-state index is 11.4. The number of nitrogens with zero attached hydrogens (tertiary/aromatic N) is 1. The number of urea groups is 1. The van der Waals surface area contributed by atoms with Crippen LogP contribution < -0.4 is 10.1 Å². The number of hydrogen-bond acceptors (Lipinski definition) is 4. The Balaban J connectivity index is 1.85. The summed E-state index contributed by atoms with van der Waals surface area (Å²) in [7, 11) is 0. The van der Waals surface area contributed by atoms with Gasteiger partial charge in [-0.1, -0.05) is 11.6 Å². The van der Waals surface area contributed by atoms with Crippen LogP contribution in [0.1, 0.15) is 5.56 Å². The first-order valence-electron chi connectivity index (χ1n) is 6.12. The van der Waals surface area contributed by atoms with Gasteiger partial charge < -0.3 is 15.2 Å². The van der Waals surface area contributed by atoms with Crippen LogP contribution in [-0.2, 0) is 4.79 Å². The van der Waals surface area contributed by atoms with Crippen molar-refractivity contribution in [1.29, 1.82) is 0 Å². The molecule has 0 aliphatic carbocycles. The Labute approximate surface area is 121 Å². The Kier molecular flexibility index (Phi) is 4.46. The highest BCUT2D eigenvalue weighted by atomic mass is 35.5. The van der Waals surface area contributed by atoms with Crippen LogP contribution in [0.25, 0.3) is 0 Å². The first-order chi connectivity index (χ1) is 9.47. The Morgan fingerprint density at radius 3 is 2.85 bits per heavy atom. The van der Waals surface area contributed by atoms with Crippen LogP contribution in [0.3, 0.4) is 0 Å². The lowest BCUT2D eigenvalue weighted by Crippen LogP contribution is -2.39. The third-order valence-corrected chi connectivity index (χ3v) is 3.33. The van der Waals surface area contributed by atoms with E-state index in [1.54, 1.807) is 18.2 Å². The van der Waals surface area contributed by atoms with Crippen molar-refractivity contribution < 1.29 is 19.4 Å². The maximum atomic E-state index is 11.4. The van der Waals surface area contributed by atoms with Crippen molar-refractivity contribution in [2.45, 2.75) is 13.0 Å². The topological polar surface area (TPSA) is 78.9 Å². The number of β-amino-alcohol motifs (C(OH)–C–C–N with tert-alkyl or cyclic N) is 1. The molecule has 1 aromatic carbocycles. The summed E-state index contributed by atoms with van der Waals surface area (Å²) < 4.78 is 5.41. The number of aryl methyl sites for hydroxylation is 1. The Morgan fingerprint density at radius 2 is 2.25 bits per heavy atom. The number of carbonyl (C=O) groups excluding carboxylic acids is 2. The second-order valence-electron chi connectivity index (χ2n) is 4.54. The number of rotatable bonds is 5. The molecule has 0 spiro atoms. The van der Waals surface area contributed by atoms with Crippen molar-refractivity contribution in [3.8, 4) is 5.75 Å². The Bertz CT molecular complexity index is 519. The number of aliphatic hydroxyl groups excluding tert-OH is 1. The van der Waals surface area contributed by atoms with Gasteiger partial charge in [0.05, 0.1) is 13.1 Å². The monoisotopic (exact) mass is 298 g/mol. The van der Waals surface area contributed by atoms with E-state index < -0.39 is 12.1 Å². The van der Waals surface area contributed by atoms with Crippen molar-refractivity contribution >= 4 is 23.5 Å². The van der Waals surface area contributed by atoms with Crippen molar-refractivity contribution in [1.82, 2.24) is 10.2 Å². The molecular formula is C13H15ClN2O4. The van der Waals surface area contributed by atoms with E-state index in [0.717, 1.165) is 10.5 Å². The molecule has 7 heteroatoms. The fourth-order valence-electron chi connectivity index (χ4n) is 1.80. The third kappa shape index (κ3) is 3.40. The van der Waals surface area contributed by atoms with Crippen molar-refractivity contribution in [3.63, 3.8) is 0 Å². The number of amides is 3. The first kappa shape index (κ1) is 14.6. The van der Waals surface area contributed by atoms with Crippen LogP contribution in [0.2, 0.25) is 5.02 Å². The van der Waals surface area contributed by atoms with E-state index in [1.807, 2.05) is 6.92 Å². The van der Waals surface area contributed by atoms with E-state index in [-0.39, 0.29) is 25.6 Å². The third-order valence-electron chi connectivity index (χ3n) is 2.90. The van der Waals surface area contributed by atoms with Gasteiger partial charge in [0.25, 0.3) is 0 Å². The van der Waals surface area contributed by atoms with Crippen LogP contribution in [-0.4, -0.2) is 47.7 Å². The lowest BCUT2D eigenvalue weighted by atomic mass is 10.2. The summed E-state index contributed by atoms with van der Waals surface area (Å²) in [6.45, 7) is 1.72. The predicted octanol–water partition coefficient (Wildman–Crippen LogP) is 0.940. The minimum Gasteiger partial charge on any atom is -0.491 e. The SMILES string of the molecule is Cc1cc(OC[C@H](O)CN2C(=O)CNC2=O)ccc1Cl. The second kappa shape index (κ2) is 6.11. The number of benzene rings is 1. The summed E-state index contributed by atoms with van der Waals surface area (Å²) in [6, 6.07) is 4.66. The van der Waals surface area contributed by atoms with Crippen molar-refractivity contribution in [2.24, 2.45) is 0 Å². The molecule has 0 radical (unpaired) electrons. The molecule has 0 unspecified atom stereocenters. The zero-order valence-corrected chi connectivity index (χ0v) is 11.7. The lowest BCUT2D eigenvalue weighted by Gasteiger charge is -2.18. The van der Waals surface area contributed by atoms with Gasteiger partial charge in [-0.15, -0.1) is 0 Å². The maximum Gasteiger partial charge on any atom is 0.324 e. The molecule has 1 aliphatic rings. The quantitative estimate of drug-likeness (QED) is 0.793. The van der Waals surface area contributed by atoms with Crippen LogP contribution in [0.5, 0.6) is 5.75 Å². The van der Waals surface area contributed by atoms with Gasteiger partial charge in [0, 0.05) is 5.02 Å². The fraction of sp³-hybridized carbons (Fsp3) is 0.385. The zero-order valence-electron chi connectivity index (χ0n) is 10.9. The molecule has 2 rings (SSSR count). The highest BCUT2D eigenvalue weighted by Gasteiger charge is 2.30. The normalized spacial score (nSPS) is 16.2. The van der Waals surface area contributed by atoms with E-state index in [2.05, 4.69) is 5.32 Å². The number of ether oxygens (including phenoxy) is 1. The average molecular weight is 299 g/mol. The van der Waals surface area contributed by atoms with Gasteiger partial charge in [0.1, 0.15) is 18.5 Å². The molecule has 20 heavy (non-hydrogen) atoms. The molecule has 0 saturated carbocycles. The second-order valence-corrected chi connectivity index (χ2v) is 4.95. The molecule has 6 nitrogen and oxygen atoms in total. The Morgan fingerprint density at radius 1 is 1.50 bits per heavy atom. The molecule has 1 fully saturated rings. The van der Waals surface area contributed by atoms with Gasteiger partial charge in [0.2, 0.25) is 5.91 Å². The molecule has 1 atom stereocenters. The van der Waals surface area contributed by atoms with E-state index in [1.165, 1.54) is 0 Å². The molecule has 3 amide bonds. The molecule has 2 N–H and O–H groups in total. The number of hydrogen-bond donors (Lipinski definition) is 2. The van der Waals surface area contributed by atoms with Crippen LogP contribution >= 0.6 is 11.6 Å². The van der Waals surface area contributed by atoms with E-state index >= 15 is 0 Å². The fourth-order valence-corrected chi connectivity index (χ4v) is 1.92. The molecule has 1 heterocycles. The summed E-state index contributed by atoms with van der Waals surface area (Å²) >= 11 is 5.90. The summed E-state index contributed by atoms with van der Waals surface area (Å²) in [5.41, 5.74) is 0.868.